The number of ether oxygens (including phenoxy) is 2. The number of nitrogens with zero attached hydrogens (tertiary/aromatic N) is 3. The van der Waals surface area contributed by atoms with Crippen molar-refractivity contribution in [1.82, 2.24) is 9.88 Å². The van der Waals surface area contributed by atoms with Gasteiger partial charge in [0.05, 0.1) is 30.4 Å². The van der Waals surface area contributed by atoms with Gasteiger partial charge >= 0.3 is 5.69 Å². The number of hydrogen-bond donors (Lipinski definition) is 0. The predicted molar refractivity (Wildman–Crippen MR) is 124 cm³/mol. The quantitative estimate of drug-likeness (QED) is 0.259. The van der Waals surface area contributed by atoms with E-state index in [2.05, 4.69) is 30.1 Å². The minimum absolute atomic E-state index is 0.110. The second-order valence-electron chi connectivity index (χ2n) is 8.07. The van der Waals surface area contributed by atoms with E-state index < -0.39 is 4.92 Å². The van der Waals surface area contributed by atoms with Crippen molar-refractivity contribution in [3.63, 3.8) is 0 Å². The number of aromatic nitrogens is 1. The van der Waals surface area contributed by atoms with Gasteiger partial charge in [0.2, 0.25) is 5.75 Å². The van der Waals surface area contributed by atoms with Crippen molar-refractivity contribution in [2.75, 3.05) is 27.8 Å². The van der Waals surface area contributed by atoms with Crippen molar-refractivity contribution in [3.8, 4) is 22.8 Å². The van der Waals surface area contributed by atoms with E-state index in [1.54, 1.807) is 13.2 Å². The standard InChI is InChI=1S/C25H23N3O4/c1-27-11-10-17-19(14-27)25(18-12-21(28(29)30)23(32-3)13-22(18)31-2)26-20-9-8-15-6-4-5-7-16(15)24(17)20/h4-9,12-13H,10-11,14H2,1-3H3. The maximum atomic E-state index is 11.7. The van der Waals surface area contributed by atoms with E-state index in [9.17, 15) is 10.1 Å². The Labute approximate surface area is 185 Å². The number of methoxy groups -OCH3 is 2. The van der Waals surface area contributed by atoms with E-state index in [1.807, 2.05) is 18.2 Å². The van der Waals surface area contributed by atoms with E-state index >= 15 is 0 Å². The van der Waals surface area contributed by atoms with Crippen LogP contribution in [0.15, 0.2) is 48.5 Å². The first-order valence-electron chi connectivity index (χ1n) is 10.4. The van der Waals surface area contributed by atoms with Gasteiger partial charge in [0, 0.05) is 36.2 Å². The smallest absolute Gasteiger partial charge is 0.311 e. The van der Waals surface area contributed by atoms with E-state index in [1.165, 1.54) is 29.5 Å². The molecule has 1 aliphatic rings. The molecule has 1 aliphatic heterocycles. The maximum absolute atomic E-state index is 11.7. The van der Waals surface area contributed by atoms with E-state index in [4.69, 9.17) is 14.5 Å². The van der Waals surface area contributed by atoms with Gasteiger partial charge in [0.15, 0.2) is 0 Å². The van der Waals surface area contributed by atoms with Crippen molar-refractivity contribution in [2.24, 2.45) is 0 Å². The largest absolute Gasteiger partial charge is 0.496 e. The van der Waals surface area contributed by atoms with Crippen LogP contribution in [0.1, 0.15) is 11.1 Å². The molecule has 1 aromatic heterocycles. The number of fused-ring (bicyclic) bond motifs is 5. The molecule has 0 saturated carbocycles. The molecule has 2 heterocycles. The molecular formula is C25H23N3O4. The Morgan fingerprint density at radius 1 is 1.03 bits per heavy atom. The normalized spacial score (nSPS) is 13.8. The molecule has 162 valence electrons. The van der Waals surface area contributed by atoms with Gasteiger partial charge in [-0.1, -0.05) is 30.3 Å². The van der Waals surface area contributed by atoms with Gasteiger partial charge in [0.25, 0.3) is 0 Å². The van der Waals surface area contributed by atoms with Crippen LogP contribution in [0, 0.1) is 10.1 Å². The van der Waals surface area contributed by atoms with Crippen molar-refractivity contribution in [1.29, 1.82) is 0 Å². The van der Waals surface area contributed by atoms with Crippen LogP contribution < -0.4 is 9.47 Å². The summed E-state index contributed by atoms with van der Waals surface area (Å²) >= 11 is 0. The Kier molecular flexibility index (Phi) is 4.90. The van der Waals surface area contributed by atoms with Gasteiger partial charge in [0.1, 0.15) is 5.75 Å². The Hall–Kier alpha value is -3.71. The fourth-order valence-electron chi connectivity index (χ4n) is 4.68. The molecular weight excluding hydrogens is 406 g/mol. The Balaban J connectivity index is 1.88. The molecule has 0 saturated heterocycles. The number of rotatable bonds is 4. The lowest BCUT2D eigenvalue weighted by molar-refractivity contribution is -0.385. The summed E-state index contributed by atoms with van der Waals surface area (Å²) in [6.45, 7) is 1.65. The monoisotopic (exact) mass is 429 g/mol. The highest BCUT2D eigenvalue weighted by Gasteiger charge is 2.27. The summed E-state index contributed by atoms with van der Waals surface area (Å²) < 4.78 is 10.9. The van der Waals surface area contributed by atoms with Crippen LogP contribution in [0.3, 0.4) is 0 Å². The maximum Gasteiger partial charge on any atom is 0.311 e. The Morgan fingerprint density at radius 2 is 1.81 bits per heavy atom. The lowest BCUT2D eigenvalue weighted by atomic mass is 9.89. The zero-order chi connectivity index (χ0) is 22.4. The van der Waals surface area contributed by atoms with E-state index in [0.29, 0.717) is 17.9 Å². The summed E-state index contributed by atoms with van der Waals surface area (Å²) in [6, 6.07) is 15.5. The molecule has 7 heteroatoms. The summed E-state index contributed by atoms with van der Waals surface area (Å²) in [5.41, 5.74) is 4.42. The SMILES string of the molecule is COc1cc(OC)c([N+](=O)[O-])cc1-c1nc2ccc3ccccc3c2c2c1CN(C)CC2. The molecule has 0 spiro atoms. The number of pyridine rings is 1. The molecule has 3 aromatic carbocycles. The molecule has 0 atom stereocenters. The number of benzene rings is 3. The van der Waals surface area contributed by atoms with Crippen molar-refractivity contribution in [2.45, 2.75) is 13.0 Å². The molecule has 7 nitrogen and oxygen atoms in total. The minimum atomic E-state index is -0.436. The van der Waals surface area contributed by atoms with Gasteiger partial charge in [-0.2, -0.15) is 0 Å². The highest BCUT2D eigenvalue weighted by molar-refractivity contribution is 6.09. The van der Waals surface area contributed by atoms with Gasteiger partial charge < -0.3 is 14.4 Å². The summed E-state index contributed by atoms with van der Waals surface area (Å²) in [5.74, 6) is 0.656. The van der Waals surface area contributed by atoms with Gasteiger partial charge in [-0.25, -0.2) is 4.98 Å². The van der Waals surface area contributed by atoms with Crippen LogP contribution in [-0.2, 0) is 13.0 Å². The topological polar surface area (TPSA) is 77.7 Å². The van der Waals surface area contributed by atoms with Gasteiger partial charge in [-0.05, 0) is 41.4 Å². The van der Waals surface area contributed by atoms with Gasteiger partial charge in [-0.3, -0.25) is 10.1 Å². The first kappa shape index (κ1) is 20.2. The van der Waals surface area contributed by atoms with Crippen LogP contribution in [-0.4, -0.2) is 42.6 Å². The summed E-state index contributed by atoms with van der Waals surface area (Å²) in [7, 11) is 5.04. The third-order valence-electron chi connectivity index (χ3n) is 6.22. The van der Waals surface area contributed by atoms with Crippen molar-refractivity contribution in [3.05, 3.63) is 69.8 Å². The average Bonchev–Trinajstić information content (AvgIpc) is 2.82. The molecule has 0 fully saturated rings. The first-order chi connectivity index (χ1) is 15.5. The zero-order valence-electron chi connectivity index (χ0n) is 18.2. The molecule has 4 aromatic rings. The predicted octanol–water partition coefficient (Wildman–Crippen LogP) is 4.97. The third-order valence-corrected chi connectivity index (χ3v) is 6.22. The van der Waals surface area contributed by atoms with E-state index in [-0.39, 0.29) is 11.4 Å². The molecule has 0 N–H and O–H groups in total. The summed E-state index contributed by atoms with van der Waals surface area (Å²) in [5, 5.41) is 15.2. The molecule has 5 rings (SSSR count). The lowest BCUT2D eigenvalue weighted by Crippen LogP contribution is -2.27. The van der Waals surface area contributed by atoms with Crippen LogP contribution in [0.25, 0.3) is 32.9 Å². The molecule has 0 aliphatic carbocycles. The van der Waals surface area contributed by atoms with Crippen LogP contribution in [0.4, 0.5) is 5.69 Å². The fourth-order valence-corrected chi connectivity index (χ4v) is 4.68. The number of nitro groups is 1. The minimum Gasteiger partial charge on any atom is -0.496 e. The lowest BCUT2D eigenvalue weighted by Gasteiger charge is -2.28. The van der Waals surface area contributed by atoms with Gasteiger partial charge in [-0.15, -0.1) is 0 Å². The highest BCUT2D eigenvalue weighted by Crippen LogP contribution is 2.43. The van der Waals surface area contributed by atoms with Crippen LogP contribution in [0.2, 0.25) is 0 Å². The molecule has 0 radical (unpaired) electrons. The highest BCUT2D eigenvalue weighted by atomic mass is 16.6. The van der Waals surface area contributed by atoms with Crippen molar-refractivity contribution >= 4 is 27.4 Å². The van der Waals surface area contributed by atoms with Crippen LogP contribution in [0.5, 0.6) is 11.5 Å². The van der Waals surface area contributed by atoms with Crippen LogP contribution >= 0.6 is 0 Å². The number of nitro benzene ring substituents is 1. The second-order valence-corrected chi connectivity index (χ2v) is 8.07. The summed E-state index contributed by atoms with van der Waals surface area (Å²) in [4.78, 5) is 18.6. The molecule has 0 bridgehead atoms. The number of likely N-dealkylation sites (N-methyl/N-ethyl adjacent to an activating group) is 1. The Morgan fingerprint density at radius 3 is 2.56 bits per heavy atom. The average molecular weight is 429 g/mol. The molecule has 0 amide bonds. The number of hydrogen-bond acceptors (Lipinski definition) is 6. The van der Waals surface area contributed by atoms with E-state index in [0.717, 1.165) is 35.1 Å². The third kappa shape index (κ3) is 3.13. The fraction of sp³-hybridized carbons (Fsp3) is 0.240. The zero-order valence-corrected chi connectivity index (χ0v) is 18.2. The second kappa shape index (κ2) is 7.76. The summed E-state index contributed by atoms with van der Waals surface area (Å²) in [6.07, 6.45) is 0.881. The first-order valence-corrected chi connectivity index (χ1v) is 10.4. The Bertz CT molecular complexity index is 1380. The molecule has 0 unspecified atom stereocenters. The van der Waals surface area contributed by atoms with Crippen molar-refractivity contribution < 1.29 is 14.4 Å². The molecule has 32 heavy (non-hydrogen) atoms.